The van der Waals surface area contributed by atoms with Crippen molar-refractivity contribution in [2.24, 2.45) is 5.73 Å². The Balaban J connectivity index is 2.65. The fourth-order valence-electron chi connectivity index (χ4n) is 1.56. The van der Waals surface area contributed by atoms with Gasteiger partial charge in [-0.1, -0.05) is 13.3 Å². The smallest absolute Gasteiger partial charge is 0.325 e. The Morgan fingerprint density at radius 3 is 2.83 bits per heavy atom. The van der Waals surface area contributed by atoms with E-state index in [1.165, 1.54) is 17.1 Å². The van der Waals surface area contributed by atoms with Crippen LogP contribution >= 0.6 is 0 Å². The Kier molecular flexibility index (Phi) is 4.43. The molecular formula is C11H18N4O3. The predicted molar refractivity (Wildman–Crippen MR) is 66.0 cm³/mol. The molecule has 0 aliphatic carbocycles. The first kappa shape index (κ1) is 14.2. The van der Waals surface area contributed by atoms with Gasteiger partial charge in [-0.3, -0.25) is 14.3 Å². The summed E-state index contributed by atoms with van der Waals surface area (Å²) in [5, 5.41) is 15.0. The Morgan fingerprint density at radius 2 is 2.28 bits per heavy atom. The normalized spacial score (nSPS) is 13.9. The van der Waals surface area contributed by atoms with Gasteiger partial charge in [0.15, 0.2) is 0 Å². The highest BCUT2D eigenvalue weighted by Crippen LogP contribution is 2.13. The SMILES string of the molecule is CCCC(C)(N)C(=O)Nc1cnn(CC(=O)O)c1. The van der Waals surface area contributed by atoms with Gasteiger partial charge in [0.25, 0.3) is 0 Å². The molecule has 4 N–H and O–H groups in total. The number of nitrogens with two attached hydrogens (primary N) is 1. The first-order valence-electron chi connectivity index (χ1n) is 5.69. The van der Waals surface area contributed by atoms with Crippen LogP contribution < -0.4 is 11.1 Å². The molecule has 0 saturated heterocycles. The lowest BCUT2D eigenvalue weighted by Crippen LogP contribution is -2.48. The lowest BCUT2D eigenvalue weighted by atomic mass is 9.96. The molecule has 0 saturated carbocycles. The standard InChI is InChI=1S/C11H18N4O3/c1-3-4-11(2,12)10(18)14-8-5-13-15(6-8)7-9(16)17/h5-6H,3-4,7,12H2,1-2H3,(H,14,18)(H,16,17). The van der Waals surface area contributed by atoms with E-state index in [1.54, 1.807) is 6.92 Å². The van der Waals surface area contributed by atoms with Gasteiger partial charge in [-0.05, 0) is 13.3 Å². The third-order valence-corrected chi connectivity index (χ3v) is 2.48. The number of carboxylic acid groups (broad SMARTS) is 1. The minimum absolute atomic E-state index is 0.245. The van der Waals surface area contributed by atoms with Crippen molar-refractivity contribution in [2.75, 3.05) is 5.32 Å². The van der Waals surface area contributed by atoms with Crippen molar-refractivity contribution in [2.45, 2.75) is 38.8 Å². The predicted octanol–water partition coefficient (Wildman–Crippen LogP) is 0.424. The minimum Gasteiger partial charge on any atom is -0.480 e. The van der Waals surface area contributed by atoms with Gasteiger partial charge in [-0.15, -0.1) is 0 Å². The highest BCUT2D eigenvalue weighted by atomic mass is 16.4. The molecule has 1 amide bonds. The van der Waals surface area contributed by atoms with E-state index in [1.807, 2.05) is 6.92 Å². The van der Waals surface area contributed by atoms with Crippen LogP contribution in [-0.4, -0.2) is 32.3 Å². The average molecular weight is 254 g/mol. The first-order chi connectivity index (χ1) is 8.35. The van der Waals surface area contributed by atoms with Gasteiger partial charge in [0.05, 0.1) is 17.4 Å². The van der Waals surface area contributed by atoms with Gasteiger partial charge < -0.3 is 16.2 Å². The molecule has 1 atom stereocenters. The van der Waals surface area contributed by atoms with Gasteiger partial charge >= 0.3 is 5.97 Å². The summed E-state index contributed by atoms with van der Waals surface area (Å²) in [6, 6.07) is 0. The number of aliphatic carboxylic acids is 1. The van der Waals surface area contributed by atoms with E-state index < -0.39 is 11.5 Å². The molecule has 1 rings (SSSR count). The second kappa shape index (κ2) is 5.63. The van der Waals surface area contributed by atoms with Crippen LogP contribution in [0, 0.1) is 0 Å². The zero-order chi connectivity index (χ0) is 13.8. The molecule has 0 bridgehead atoms. The molecule has 0 fully saturated rings. The van der Waals surface area contributed by atoms with E-state index >= 15 is 0 Å². The summed E-state index contributed by atoms with van der Waals surface area (Å²) in [4.78, 5) is 22.3. The summed E-state index contributed by atoms with van der Waals surface area (Å²) in [7, 11) is 0. The van der Waals surface area contributed by atoms with Crippen LogP contribution in [0.2, 0.25) is 0 Å². The van der Waals surface area contributed by atoms with Crippen molar-refractivity contribution in [3.8, 4) is 0 Å². The van der Waals surface area contributed by atoms with Crippen LogP contribution in [-0.2, 0) is 16.1 Å². The highest BCUT2D eigenvalue weighted by Gasteiger charge is 2.27. The Hall–Kier alpha value is -1.89. The number of amides is 1. The second-order valence-corrected chi connectivity index (χ2v) is 4.44. The van der Waals surface area contributed by atoms with Crippen molar-refractivity contribution >= 4 is 17.6 Å². The number of aromatic nitrogens is 2. The fraction of sp³-hybridized carbons (Fsp3) is 0.545. The maximum absolute atomic E-state index is 11.9. The lowest BCUT2D eigenvalue weighted by molar-refractivity contribution is -0.137. The highest BCUT2D eigenvalue weighted by molar-refractivity contribution is 5.97. The maximum Gasteiger partial charge on any atom is 0.325 e. The second-order valence-electron chi connectivity index (χ2n) is 4.44. The van der Waals surface area contributed by atoms with E-state index in [4.69, 9.17) is 10.8 Å². The molecule has 7 nitrogen and oxygen atoms in total. The molecule has 1 aromatic rings. The van der Waals surface area contributed by atoms with E-state index in [2.05, 4.69) is 10.4 Å². The largest absolute Gasteiger partial charge is 0.480 e. The molecule has 0 aromatic carbocycles. The van der Waals surface area contributed by atoms with Crippen LogP contribution in [0.4, 0.5) is 5.69 Å². The maximum atomic E-state index is 11.9. The number of carbonyl (C=O) groups excluding carboxylic acids is 1. The Morgan fingerprint density at radius 1 is 1.61 bits per heavy atom. The summed E-state index contributed by atoms with van der Waals surface area (Å²) in [5.74, 6) is -1.30. The minimum atomic E-state index is -0.995. The van der Waals surface area contributed by atoms with E-state index in [0.717, 1.165) is 6.42 Å². The molecule has 0 aliphatic rings. The molecule has 1 unspecified atom stereocenters. The fourth-order valence-corrected chi connectivity index (χ4v) is 1.56. The molecule has 18 heavy (non-hydrogen) atoms. The van der Waals surface area contributed by atoms with Crippen molar-refractivity contribution < 1.29 is 14.7 Å². The summed E-state index contributed by atoms with van der Waals surface area (Å²) < 4.78 is 1.23. The number of hydrogen-bond donors (Lipinski definition) is 3. The number of carboxylic acids is 1. The van der Waals surface area contributed by atoms with Crippen molar-refractivity contribution in [1.29, 1.82) is 0 Å². The van der Waals surface area contributed by atoms with Crippen LogP contribution in [0.1, 0.15) is 26.7 Å². The Labute approximate surface area is 105 Å². The molecule has 1 aromatic heterocycles. The molecular weight excluding hydrogens is 236 g/mol. The molecule has 0 radical (unpaired) electrons. The van der Waals surface area contributed by atoms with Gasteiger partial charge in [0, 0.05) is 6.20 Å². The van der Waals surface area contributed by atoms with Crippen molar-refractivity contribution in [1.82, 2.24) is 9.78 Å². The number of hydrogen-bond acceptors (Lipinski definition) is 4. The number of anilines is 1. The monoisotopic (exact) mass is 254 g/mol. The Bertz CT molecular complexity index is 439. The number of nitrogens with one attached hydrogen (secondary N) is 1. The van der Waals surface area contributed by atoms with Crippen LogP contribution in [0.15, 0.2) is 12.4 Å². The zero-order valence-electron chi connectivity index (χ0n) is 10.5. The number of nitrogens with zero attached hydrogens (tertiary/aromatic N) is 2. The van der Waals surface area contributed by atoms with Crippen LogP contribution in [0.3, 0.4) is 0 Å². The third-order valence-electron chi connectivity index (χ3n) is 2.48. The van der Waals surface area contributed by atoms with Gasteiger partial charge in [-0.25, -0.2) is 0 Å². The average Bonchev–Trinajstić information content (AvgIpc) is 2.64. The molecule has 0 spiro atoms. The van der Waals surface area contributed by atoms with Crippen LogP contribution in [0.5, 0.6) is 0 Å². The van der Waals surface area contributed by atoms with Crippen molar-refractivity contribution in [3.05, 3.63) is 12.4 Å². The topological polar surface area (TPSA) is 110 Å². The first-order valence-corrected chi connectivity index (χ1v) is 5.69. The summed E-state index contributed by atoms with van der Waals surface area (Å²) in [6.45, 7) is 3.36. The molecule has 100 valence electrons. The van der Waals surface area contributed by atoms with Crippen molar-refractivity contribution in [3.63, 3.8) is 0 Å². The van der Waals surface area contributed by atoms with Crippen LogP contribution in [0.25, 0.3) is 0 Å². The lowest BCUT2D eigenvalue weighted by Gasteiger charge is -2.22. The van der Waals surface area contributed by atoms with Gasteiger partial charge in [0.1, 0.15) is 6.54 Å². The van der Waals surface area contributed by atoms with Gasteiger partial charge in [-0.2, -0.15) is 5.10 Å². The van der Waals surface area contributed by atoms with E-state index in [0.29, 0.717) is 12.1 Å². The summed E-state index contributed by atoms with van der Waals surface area (Å²) in [6.07, 6.45) is 4.22. The van der Waals surface area contributed by atoms with E-state index in [-0.39, 0.29) is 12.5 Å². The summed E-state index contributed by atoms with van der Waals surface area (Å²) >= 11 is 0. The quantitative estimate of drug-likeness (QED) is 0.681. The molecule has 7 heteroatoms. The summed E-state index contributed by atoms with van der Waals surface area (Å²) in [5.41, 5.74) is 5.37. The zero-order valence-corrected chi connectivity index (χ0v) is 10.5. The van der Waals surface area contributed by atoms with Gasteiger partial charge in [0.2, 0.25) is 5.91 Å². The molecule has 1 heterocycles. The third kappa shape index (κ3) is 3.85. The molecule has 0 aliphatic heterocycles. The number of carbonyl (C=O) groups is 2. The number of rotatable bonds is 6. The van der Waals surface area contributed by atoms with E-state index in [9.17, 15) is 9.59 Å².